The number of benzene rings is 11. The lowest BCUT2D eigenvalue weighted by Gasteiger charge is -2.28. The van der Waals surface area contributed by atoms with E-state index in [1.54, 1.807) is 0 Å². The van der Waals surface area contributed by atoms with Crippen molar-refractivity contribution < 1.29 is 0 Å². The zero-order chi connectivity index (χ0) is 37.0. The van der Waals surface area contributed by atoms with Gasteiger partial charge in [-0.15, -0.1) is 0 Å². The Kier molecular flexibility index (Phi) is 7.53. The molecule has 0 aliphatic heterocycles. The summed E-state index contributed by atoms with van der Waals surface area (Å²) in [6.07, 6.45) is 0. The largest absolute Gasteiger partial charge is 0.310 e. The highest BCUT2D eigenvalue weighted by atomic mass is 15.1. The second-order valence-electron chi connectivity index (χ2n) is 14.6. The van der Waals surface area contributed by atoms with Gasteiger partial charge in [0.15, 0.2) is 0 Å². The Morgan fingerprint density at radius 3 is 1.30 bits per heavy atom. The second kappa shape index (κ2) is 13.2. The maximum absolute atomic E-state index is 2.41. The lowest BCUT2D eigenvalue weighted by Crippen LogP contribution is -2.10. The van der Waals surface area contributed by atoms with Gasteiger partial charge >= 0.3 is 0 Å². The molecule has 56 heavy (non-hydrogen) atoms. The van der Waals surface area contributed by atoms with Gasteiger partial charge < -0.3 is 9.80 Å². The van der Waals surface area contributed by atoms with Crippen LogP contribution in [0.25, 0.3) is 65.0 Å². The summed E-state index contributed by atoms with van der Waals surface area (Å²) in [4.78, 5) is 4.75. The molecule has 0 N–H and O–H groups in total. The van der Waals surface area contributed by atoms with Gasteiger partial charge in [-0.3, -0.25) is 0 Å². The van der Waals surface area contributed by atoms with Crippen LogP contribution in [0.3, 0.4) is 0 Å². The zero-order valence-corrected chi connectivity index (χ0v) is 30.7. The van der Waals surface area contributed by atoms with Crippen molar-refractivity contribution in [2.45, 2.75) is 0 Å². The topological polar surface area (TPSA) is 6.48 Å². The maximum atomic E-state index is 2.41. The molecule has 0 aliphatic carbocycles. The number of rotatable bonds is 7. The van der Waals surface area contributed by atoms with Crippen molar-refractivity contribution in [2.24, 2.45) is 0 Å². The molecule has 0 amide bonds. The smallest absolute Gasteiger partial charge is 0.0540 e. The van der Waals surface area contributed by atoms with Gasteiger partial charge in [0.05, 0.1) is 5.69 Å². The Morgan fingerprint density at radius 2 is 0.679 bits per heavy atom. The van der Waals surface area contributed by atoms with Crippen LogP contribution in [0.4, 0.5) is 34.1 Å². The number of anilines is 6. The fourth-order valence-corrected chi connectivity index (χ4v) is 8.68. The van der Waals surface area contributed by atoms with Crippen molar-refractivity contribution in [3.8, 4) is 11.1 Å². The lowest BCUT2D eigenvalue weighted by molar-refractivity contribution is 1.29. The van der Waals surface area contributed by atoms with Crippen molar-refractivity contribution in [3.05, 3.63) is 218 Å². The van der Waals surface area contributed by atoms with Crippen molar-refractivity contribution in [1.29, 1.82) is 0 Å². The van der Waals surface area contributed by atoms with Crippen LogP contribution in [-0.2, 0) is 0 Å². The number of fused-ring (bicyclic) bond motifs is 2. The van der Waals surface area contributed by atoms with Gasteiger partial charge in [0.25, 0.3) is 0 Å². The number of para-hydroxylation sites is 2. The molecule has 0 aromatic heterocycles. The van der Waals surface area contributed by atoms with Crippen LogP contribution < -0.4 is 9.80 Å². The predicted octanol–water partition coefficient (Wildman–Crippen LogP) is 15.5. The normalized spacial score (nSPS) is 11.6. The van der Waals surface area contributed by atoms with Gasteiger partial charge in [-0.1, -0.05) is 152 Å². The van der Waals surface area contributed by atoms with Crippen LogP contribution in [0.1, 0.15) is 0 Å². The van der Waals surface area contributed by atoms with E-state index >= 15 is 0 Å². The van der Waals surface area contributed by atoms with Crippen molar-refractivity contribution in [2.75, 3.05) is 9.80 Å². The summed E-state index contributed by atoms with van der Waals surface area (Å²) in [5.74, 6) is 0. The molecule has 0 fully saturated rings. The van der Waals surface area contributed by atoms with Crippen molar-refractivity contribution in [3.63, 3.8) is 0 Å². The minimum Gasteiger partial charge on any atom is -0.310 e. The average molecular weight is 713 g/mol. The van der Waals surface area contributed by atoms with E-state index in [9.17, 15) is 0 Å². The summed E-state index contributed by atoms with van der Waals surface area (Å²) in [5, 5.41) is 12.5. The van der Waals surface area contributed by atoms with Crippen LogP contribution in [0, 0.1) is 0 Å². The summed E-state index contributed by atoms with van der Waals surface area (Å²) in [7, 11) is 0. The molecule has 2 heteroatoms. The third-order valence-corrected chi connectivity index (χ3v) is 11.3. The number of hydrogen-bond acceptors (Lipinski definition) is 2. The van der Waals surface area contributed by atoms with Crippen LogP contribution in [-0.4, -0.2) is 0 Å². The standard InChI is InChI=1S/C54H36N2/c1-3-15-44(16-4-1)55(47-29-19-37-11-7-9-13-42(37)35-47)46-27-21-39(22-28-46)49-31-23-40-25-33-51-52(34-26-41-24-32-50(49)53(40)54(41)51)56(45-17-5-2-6-18-45)48-30-20-38-12-8-10-14-43(38)36-48/h1-36H. The summed E-state index contributed by atoms with van der Waals surface area (Å²) in [6.45, 7) is 0. The molecule has 0 aliphatic rings. The lowest BCUT2D eigenvalue weighted by atomic mass is 9.89. The Bertz CT molecular complexity index is 3190. The Hall–Kier alpha value is -7.42. The van der Waals surface area contributed by atoms with Gasteiger partial charge in [-0.2, -0.15) is 0 Å². The first-order chi connectivity index (χ1) is 27.8. The molecule has 262 valence electrons. The van der Waals surface area contributed by atoms with E-state index in [-0.39, 0.29) is 0 Å². The van der Waals surface area contributed by atoms with E-state index in [2.05, 4.69) is 228 Å². The maximum Gasteiger partial charge on any atom is 0.0540 e. The molecule has 0 heterocycles. The molecule has 2 nitrogen and oxygen atoms in total. The second-order valence-corrected chi connectivity index (χ2v) is 14.6. The van der Waals surface area contributed by atoms with Crippen molar-refractivity contribution in [1.82, 2.24) is 0 Å². The Morgan fingerprint density at radius 1 is 0.250 bits per heavy atom. The third kappa shape index (κ3) is 5.34. The number of nitrogens with zero attached hydrogens (tertiary/aromatic N) is 2. The van der Waals surface area contributed by atoms with E-state index in [4.69, 9.17) is 0 Å². The van der Waals surface area contributed by atoms with Gasteiger partial charge in [-0.25, -0.2) is 0 Å². The van der Waals surface area contributed by atoms with Gasteiger partial charge in [0.1, 0.15) is 0 Å². The average Bonchev–Trinajstić information content (AvgIpc) is 3.27. The Balaban J connectivity index is 1.05. The van der Waals surface area contributed by atoms with Gasteiger partial charge in [0, 0.05) is 33.8 Å². The first kappa shape index (κ1) is 32.0. The molecule has 0 radical (unpaired) electrons. The van der Waals surface area contributed by atoms with E-state index < -0.39 is 0 Å². The van der Waals surface area contributed by atoms with Crippen LogP contribution >= 0.6 is 0 Å². The highest BCUT2D eigenvalue weighted by Gasteiger charge is 2.20. The molecule has 11 aromatic rings. The SMILES string of the molecule is c1ccc(N(c2ccc(-c3ccc4ccc5c(N(c6ccccc6)c6ccc7ccccc7c6)ccc6ccc3c4c65)cc2)c2ccc3ccccc3c2)cc1. The molecule has 0 saturated carbocycles. The van der Waals surface area contributed by atoms with E-state index in [0.29, 0.717) is 0 Å². The monoisotopic (exact) mass is 712 g/mol. The predicted molar refractivity (Wildman–Crippen MR) is 240 cm³/mol. The number of hydrogen-bond donors (Lipinski definition) is 0. The minimum atomic E-state index is 1.12. The summed E-state index contributed by atoms with van der Waals surface area (Å²) >= 11 is 0. The fraction of sp³-hybridized carbons (Fsp3) is 0. The first-order valence-corrected chi connectivity index (χ1v) is 19.3. The van der Waals surface area contributed by atoms with Crippen LogP contribution in [0.5, 0.6) is 0 Å². The molecule has 0 bridgehead atoms. The quantitative estimate of drug-likeness (QED) is 0.152. The highest BCUT2D eigenvalue weighted by Crippen LogP contribution is 2.46. The molecule has 0 saturated heterocycles. The van der Waals surface area contributed by atoms with Gasteiger partial charge in [0.2, 0.25) is 0 Å². The van der Waals surface area contributed by atoms with Crippen LogP contribution in [0.15, 0.2) is 218 Å². The fourth-order valence-electron chi connectivity index (χ4n) is 8.68. The Labute approximate surface area is 326 Å². The van der Waals surface area contributed by atoms with Gasteiger partial charge in [-0.05, 0) is 126 Å². The van der Waals surface area contributed by atoms with Crippen LogP contribution in [0.2, 0.25) is 0 Å². The van der Waals surface area contributed by atoms with E-state index in [1.165, 1.54) is 65.0 Å². The summed E-state index contributed by atoms with van der Waals surface area (Å²) in [5.41, 5.74) is 9.24. The third-order valence-electron chi connectivity index (χ3n) is 11.3. The minimum absolute atomic E-state index is 1.12. The molecule has 0 unspecified atom stereocenters. The molecule has 11 aromatic carbocycles. The van der Waals surface area contributed by atoms with E-state index in [1.807, 2.05) is 0 Å². The van der Waals surface area contributed by atoms with E-state index in [0.717, 1.165) is 34.1 Å². The molecule has 0 atom stereocenters. The molecular weight excluding hydrogens is 677 g/mol. The molecule has 0 spiro atoms. The summed E-state index contributed by atoms with van der Waals surface area (Å²) < 4.78 is 0. The zero-order valence-electron chi connectivity index (χ0n) is 30.7. The highest BCUT2D eigenvalue weighted by molar-refractivity contribution is 6.28. The first-order valence-electron chi connectivity index (χ1n) is 19.3. The molecule has 11 rings (SSSR count). The van der Waals surface area contributed by atoms with Crippen molar-refractivity contribution >= 4 is 88.0 Å². The molecular formula is C54H36N2. The summed E-state index contributed by atoms with van der Waals surface area (Å²) in [6, 6.07) is 79.5.